The molecule has 92 valence electrons. The summed E-state index contributed by atoms with van der Waals surface area (Å²) in [5.74, 6) is -4.72. The monoisotopic (exact) mass is 244 g/mol. The average Bonchev–Trinajstić information content (AvgIpc) is 2.74. The zero-order valence-corrected chi connectivity index (χ0v) is 8.92. The quantitative estimate of drug-likeness (QED) is 0.800. The molecule has 1 fully saturated rings. The Hall–Kier alpha value is -1.72. The van der Waals surface area contributed by atoms with Gasteiger partial charge in [0.25, 0.3) is 0 Å². The normalized spacial score (nSPS) is 19.7. The Morgan fingerprint density at radius 1 is 1.29 bits per heavy atom. The minimum absolute atomic E-state index is 0.227. The van der Waals surface area contributed by atoms with Gasteiger partial charge in [-0.3, -0.25) is 4.79 Å². The molecule has 1 amide bonds. The van der Waals surface area contributed by atoms with Crippen LogP contribution >= 0.6 is 0 Å². The molecular weight excluding hydrogens is 233 g/mol. The molecule has 0 aliphatic carbocycles. The van der Waals surface area contributed by atoms with Crippen LogP contribution in [0.2, 0.25) is 0 Å². The Morgan fingerprint density at radius 3 is 2.35 bits per heavy atom. The summed E-state index contributed by atoms with van der Waals surface area (Å²) >= 11 is 0. The van der Waals surface area contributed by atoms with E-state index in [1.807, 2.05) is 0 Å². The Kier molecular flexibility index (Phi) is 2.95. The van der Waals surface area contributed by atoms with E-state index >= 15 is 0 Å². The Morgan fingerprint density at radius 2 is 1.88 bits per heavy atom. The number of benzene rings is 1. The number of hydrogen-bond donors (Lipinski definition) is 1. The van der Waals surface area contributed by atoms with E-state index in [0.29, 0.717) is 19.5 Å². The molecule has 0 bridgehead atoms. The lowest BCUT2D eigenvalue weighted by Gasteiger charge is -2.18. The second-order valence-corrected chi connectivity index (χ2v) is 4.06. The van der Waals surface area contributed by atoms with Crippen LogP contribution in [0.5, 0.6) is 0 Å². The number of carbonyl (C=O) groups excluding carboxylic acids is 1. The summed E-state index contributed by atoms with van der Waals surface area (Å²) in [5.41, 5.74) is 5.38. The number of anilines is 1. The summed E-state index contributed by atoms with van der Waals surface area (Å²) in [6, 6.07) is 1.84. The Bertz CT molecular complexity index is 441. The van der Waals surface area contributed by atoms with Crippen molar-refractivity contribution in [3.8, 4) is 0 Å². The van der Waals surface area contributed by atoms with E-state index in [-0.39, 0.29) is 11.6 Å². The molecule has 1 aromatic carbocycles. The molecule has 3 nitrogen and oxygen atoms in total. The Labute approximate surface area is 96.0 Å². The fourth-order valence-corrected chi connectivity index (χ4v) is 1.95. The maximum absolute atomic E-state index is 13.0. The van der Waals surface area contributed by atoms with Gasteiger partial charge in [0, 0.05) is 30.9 Å². The van der Waals surface area contributed by atoms with Crippen LogP contribution in [0.25, 0.3) is 0 Å². The molecule has 0 radical (unpaired) electrons. The van der Waals surface area contributed by atoms with E-state index < -0.39 is 23.4 Å². The minimum atomic E-state index is -1.49. The number of halogens is 3. The van der Waals surface area contributed by atoms with Gasteiger partial charge in [0.2, 0.25) is 5.91 Å². The van der Waals surface area contributed by atoms with E-state index in [0.717, 1.165) is 12.1 Å². The molecule has 2 rings (SSSR count). The van der Waals surface area contributed by atoms with E-state index in [2.05, 4.69) is 0 Å². The predicted molar refractivity (Wildman–Crippen MR) is 55.8 cm³/mol. The highest BCUT2D eigenvalue weighted by Gasteiger charge is 2.27. The maximum Gasteiger partial charge on any atom is 0.222 e. The lowest BCUT2D eigenvalue weighted by molar-refractivity contribution is -0.121. The molecule has 1 saturated heterocycles. The molecule has 0 saturated carbocycles. The lowest BCUT2D eigenvalue weighted by atomic mass is 10.1. The largest absolute Gasteiger partial charge is 0.371 e. The predicted octanol–water partition coefficient (Wildman–Crippen LogP) is 1.42. The van der Waals surface area contributed by atoms with Crippen molar-refractivity contribution in [2.24, 2.45) is 11.7 Å². The number of nitrogens with two attached hydrogens (primary N) is 1. The molecule has 0 aromatic heterocycles. The number of nitrogens with zero attached hydrogens (tertiary/aromatic N) is 1. The van der Waals surface area contributed by atoms with Crippen LogP contribution in [0, 0.1) is 23.4 Å². The van der Waals surface area contributed by atoms with E-state index in [1.54, 1.807) is 4.90 Å². The molecule has 0 spiro atoms. The van der Waals surface area contributed by atoms with Gasteiger partial charge in [-0.15, -0.1) is 0 Å². The maximum atomic E-state index is 13.0. The van der Waals surface area contributed by atoms with Crippen molar-refractivity contribution in [2.75, 3.05) is 18.0 Å². The second-order valence-electron chi connectivity index (χ2n) is 4.06. The van der Waals surface area contributed by atoms with Crippen molar-refractivity contribution in [3.05, 3.63) is 29.6 Å². The van der Waals surface area contributed by atoms with Crippen LogP contribution in [0.3, 0.4) is 0 Å². The summed E-state index contributed by atoms with van der Waals surface area (Å²) in [4.78, 5) is 12.6. The van der Waals surface area contributed by atoms with Crippen molar-refractivity contribution >= 4 is 11.6 Å². The molecule has 1 heterocycles. The lowest BCUT2D eigenvalue weighted by Crippen LogP contribution is -2.27. The SMILES string of the molecule is NC(=O)C1CCN(c2cc(F)c(F)c(F)c2)C1. The van der Waals surface area contributed by atoms with Gasteiger partial charge in [0.1, 0.15) is 0 Å². The van der Waals surface area contributed by atoms with Crippen molar-refractivity contribution in [1.29, 1.82) is 0 Å². The van der Waals surface area contributed by atoms with Crippen molar-refractivity contribution in [1.82, 2.24) is 0 Å². The van der Waals surface area contributed by atoms with Gasteiger partial charge in [-0.1, -0.05) is 0 Å². The standard InChI is InChI=1S/C11H11F3N2O/c12-8-3-7(4-9(13)10(8)14)16-2-1-6(5-16)11(15)17/h3-4,6H,1-2,5H2,(H2,15,17). The van der Waals surface area contributed by atoms with Gasteiger partial charge >= 0.3 is 0 Å². The number of primary amides is 1. The van der Waals surface area contributed by atoms with Gasteiger partial charge in [-0.2, -0.15) is 0 Å². The number of carbonyl (C=O) groups is 1. The molecule has 1 atom stereocenters. The van der Waals surface area contributed by atoms with Crippen LogP contribution in [0.1, 0.15) is 6.42 Å². The second kappa shape index (κ2) is 4.27. The summed E-state index contributed by atoms with van der Waals surface area (Å²) in [7, 11) is 0. The first-order valence-electron chi connectivity index (χ1n) is 5.18. The summed E-state index contributed by atoms with van der Waals surface area (Å²) in [5, 5.41) is 0. The molecule has 17 heavy (non-hydrogen) atoms. The van der Waals surface area contributed by atoms with Crippen LogP contribution in [0.4, 0.5) is 18.9 Å². The Balaban J connectivity index is 2.22. The van der Waals surface area contributed by atoms with Crippen LogP contribution in [-0.2, 0) is 4.79 Å². The van der Waals surface area contributed by atoms with Crippen LogP contribution in [0.15, 0.2) is 12.1 Å². The third-order valence-corrected chi connectivity index (χ3v) is 2.92. The van der Waals surface area contributed by atoms with Gasteiger partial charge in [0.05, 0.1) is 5.92 Å². The van der Waals surface area contributed by atoms with Gasteiger partial charge in [-0.25, -0.2) is 13.2 Å². The summed E-state index contributed by atoms with van der Waals surface area (Å²) in [6.45, 7) is 0.776. The minimum Gasteiger partial charge on any atom is -0.371 e. The number of rotatable bonds is 2. The smallest absolute Gasteiger partial charge is 0.222 e. The highest BCUT2D eigenvalue weighted by molar-refractivity contribution is 5.78. The van der Waals surface area contributed by atoms with Crippen molar-refractivity contribution in [3.63, 3.8) is 0 Å². The van der Waals surface area contributed by atoms with Crippen molar-refractivity contribution in [2.45, 2.75) is 6.42 Å². The first-order chi connectivity index (χ1) is 7.99. The highest BCUT2D eigenvalue weighted by atomic mass is 19.2. The third kappa shape index (κ3) is 2.20. The molecule has 1 unspecified atom stereocenters. The van der Waals surface area contributed by atoms with E-state index in [9.17, 15) is 18.0 Å². The summed E-state index contributed by atoms with van der Waals surface area (Å²) < 4.78 is 38.8. The number of amides is 1. The van der Waals surface area contributed by atoms with E-state index in [1.165, 1.54) is 0 Å². The van der Waals surface area contributed by atoms with Crippen LogP contribution in [-0.4, -0.2) is 19.0 Å². The first-order valence-corrected chi connectivity index (χ1v) is 5.18. The van der Waals surface area contributed by atoms with Gasteiger partial charge < -0.3 is 10.6 Å². The third-order valence-electron chi connectivity index (χ3n) is 2.92. The van der Waals surface area contributed by atoms with E-state index in [4.69, 9.17) is 5.73 Å². The molecule has 1 aliphatic rings. The van der Waals surface area contributed by atoms with Gasteiger partial charge in [0.15, 0.2) is 17.5 Å². The number of hydrogen-bond acceptors (Lipinski definition) is 2. The molecule has 1 aliphatic heterocycles. The van der Waals surface area contributed by atoms with Gasteiger partial charge in [-0.05, 0) is 6.42 Å². The molecular formula is C11H11F3N2O. The zero-order chi connectivity index (χ0) is 12.6. The molecule has 1 aromatic rings. The average molecular weight is 244 g/mol. The fraction of sp³-hybridized carbons (Fsp3) is 0.364. The first kappa shape index (κ1) is 11.8. The fourth-order valence-electron chi connectivity index (χ4n) is 1.95. The molecule has 6 heteroatoms. The van der Waals surface area contributed by atoms with Crippen molar-refractivity contribution < 1.29 is 18.0 Å². The zero-order valence-electron chi connectivity index (χ0n) is 8.92. The highest BCUT2D eigenvalue weighted by Crippen LogP contribution is 2.26. The topological polar surface area (TPSA) is 46.3 Å². The van der Waals surface area contributed by atoms with Crippen LogP contribution < -0.4 is 10.6 Å². The summed E-state index contributed by atoms with van der Waals surface area (Å²) in [6.07, 6.45) is 0.538. The molecule has 2 N–H and O–H groups in total.